The largest absolute Gasteiger partial charge is 0.311 e. The molecule has 0 aliphatic rings. The Morgan fingerprint density at radius 2 is 1.91 bits per heavy atom. The summed E-state index contributed by atoms with van der Waals surface area (Å²) in [6.07, 6.45) is 2.42. The Kier molecular flexibility index (Phi) is 4.89. The summed E-state index contributed by atoms with van der Waals surface area (Å²) in [4.78, 5) is 16.0. The lowest BCUT2D eigenvalue weighted by atomic mass is 10.1. The van der Waals surface area contributed by atoms with Gasteiger partial charge in [0.2, 0.25) is 15.9 Å². The molecule has 7 heteroatoms. The fraction of sp³-hybridized carbons (Fsp3) is 0.200. The standard InChI is InChI=1S/C15H17N3O3S/c1-11-8-9-17-14(10-11)18-15(19)7-4-12-2-5-13(6-3-12)22(16,20)21/h2-3,5-6,8-10H,4,7H2,1H3,(H2,16,20,21)(H,17,18,19). The van der Waals surface area contributed by atoms with Crippen LogP contribution in [-0.2, 0) is 21.2 Å². The van der Waals surface area contributed by atoms with Crippen molar-refractivity contribution < 1.29 is 13.2 Å². The van der Waals surface area contributed by atoms with Crippen LogP contribution in [0.3, 0.4) is 0 Å². The number of nitrogens with one attached hydrogen (secondary N) is 1. The summed E-state index contributed by atoms with van der Waals surface area (Å²) >= 11 is 0. The van der Waals surface area contributed by atoms with Gasteiger partial charge in [-0.1, -0.05) is 12.1 Å². The number of aromatic nitrogens is 1. The van der Waals surface area contributed by atoms with Crippen LogP contribution in [0, 0.1) is 6.92 Å². The maximum atomic E-state index is 11.9. The molecule has 6 nitrogen and oxygen atoms in total. The SMILES string of the molecule is Cc1ccnc(NC(=O)CCc2ccc(S(N)(=O)=O)cc2)c1. The molecular weight excluding hydrogens is 302 g/mol. The zero-order chi connectivity index (χ0) is 16.2. The number of nitrogens with zero attached hydrogens (tertiary/aromatic N) is 1. The van der Waals surface area contributed by atoms with Crippen molar-refractivity contribution in [3.05, 3.63) is 53.7 Å². The maximum absolute atomic E-state index is 11.9. The number of rotatable bonds is 5. The van der Waals surface area contributed by atoms with Crippen molar-refractivity contribution in [2.75, 3.05) is 5.32 Å². The molecule has 1 aromatic heterocycles. The highest BCUT2D eigenvalue weighted by atomic mass is 32.2. The van der Waals surface area contributed by atoms with Crippen LogP contribution in [0.4, 0.5) is 5.82 Å². The van der Waals surface area contributed by atoms with Crippen molar-refractivity contribution in [1.82, 2.24) is 4.98 Å². The van der Waals surface area contributed by atoms with Crippen molar-refractivity contribution in [1.29, 1.82) is 0 Å². The summed E-state index contributed by atoms with van der Waals surface area (Å²) in [7, 11) is -3.68. The first-order valence-corrected chi connectivity index (χ1v) is 8.23. The molecule has 116 valence electrons. The first-order chi connectivity index (χ1) is 10.3. The summed E-state index contributed by atoms with van der Waals surface area (Å²) in [6.45, 7) is 1.92. The van der Waals surface area contributed by atoms with Crippen molar-refractivity contribution in [3.63, 3.8) is 0 Å². The molecule has 0 atom stereocenters. The Bertz CT molecular complexity index is 771. The third-order valence-corrected chi connectivity index (χ3v) is 4.00. The van der Waals surface area contributed by atoms with Crippen LogP contribution in [-0.4, -0.2) is 19.3 Å². The first-order valence-electron chi connectivity index (χ1n) is 6.69. The fourth-order valence-corrected chi connectivity index (χ4v) is 2.43. The predicted molar refractivity (Wildman–Crippen MR) is 83.7 cm³/mol. The zero-order valence-corrected chi connectivity index (χ0v) is 12.9. The normalized spacial score (nSPS) is 11.2. The highest BCUT2D eigenvalue weighted by molar-refractivity contribution is 7.89. The molecule has 2 rings (SSSR count). The van der Waals surface area contributed by atoms with Gasteiger partial charge in [-0.05, 0) is 48.7 Å². The van der Waals surface area contributed by atoms with Crippen LogP contribution in [0.2, 0.25) is 0 Å². The van der Waals surface area contributed by atoms with E-state index in [0.717, 1.165) is 11.1 Å². The van der Waals surface area contributed by atoms with Crippen molar-refractivity contribution in [2.45, 2.75) is 24.7 Å². The van der Waals surface area contributed by atoms with Crippen LogP contribution in [0.1, 0.15) is 17.5 Å². The highest BCUT2D eigenvalue weighted by Gasteiger charge is 2.08. The maximum Gasteiger partial charge on any atom is 0.238 e. The van der Waals surface area contributed by atoms with Crippen LogP contribution < -0.4 is 10.5 Å². The van der Waals surface area contributed by atoms with E-state index in [4.69, 9.17) is 5.14 Å². The fourth-order valence-electron chi connectivity index (χ4n) is 1.91. The molecule has 0 fully saturated rings. The molecule has 0 saturated heterocycles. The van der Waals surface area contributed by atoms with Gasteiger partial charge >= 0.3 is 0 Å². The molecular formula is C15H17N3O3S. The molecule has 1 aromatic carbocycles. The number of carbonyl (C=O) groups excluding carboxylic acids is 1. The van der Waals surface area contributed by atoms with Crippen LogP contribution >= 0.6 is 0 Å². The highest BCUT2D eigenvalue weighted by Crippen LogP contribution is 2.11. The van der Waals surface area contributed by atoms with Crippen LogP contribution in [0.5, 0.6) is 0 Å². The Labute approximate surface area is 129 Å². The molecule has 0 aliphatic heterocycles. The molecule has 3 N–H and O–H groups in total. The Balaban J connectivity index is 1.91. The second-order valence-corrected chi connectivity index (χ2v) is 6.52. The smallest absolute Gasteiger partial charge is 0.238 e. The Morgan fingerprint density at radius 3 is 2.50 bits per heavy atom. The number of primary sulfonamides is 1. The minimum Gasteiger partial charge on any atom is -0.311 e. The van der Waals surface area contributed by atoms with Gasteiger partial charge < -0.3 is 5.32 Å². The van der Waals surface area contributed by atoms with E-state index in [9.17, 15) is 13.2 Å². The second-order valence-electron chi connectivity index (χ2n) is 4.96. The number of sulfonamides is 1. The van der Waals surface area contributed by atoms with Crippen molar-refractivity contribution in [2.24, 2.45) is 5.14 Å². The summed E-state index contributed by atoms with van der Waals surface area (Å²) in [6, 6.07) is 9.81. The molecule has 0 aliphatic carbocycles. The molecule has 0 bridgehead atoms. The number of nitrogens with two attached hydrogens (primary N) is 1. The average molecular weight is 319 g/mol. The predicted octanol–water partition coefficient (Wildman–Crippen LogP) is 1.61. The van der Waals surface area contributed by atoms with Gasteiger partial charge in [-0.2, -0.15) is 0 Å². The van der Waals surface area contributed by atoms with Crippen LogP contribution in [0.15, 0.2) is 47.5 Å². The van der Waals surface area contributed by atoms with Gasteiger partial charge in [0.15, 0.2) is 0 Å². The third kappa shape index (κ3) is 4.64. The summed E-state index contributed by atoms with van der Waals surface area (Å²) < 4.78 is 22.3. The number of hydrogen-bond acceptors (Lipinski definition) is 4. The molecule has 0 spiro atoms. The van der Waals surface area contributed by atoms with Gasteiger partial charge in [0, 0.05) is 12.6 Å². The number of benzene rings is 1. The van der Waals surface area contributed by atoms with Gasteiger partial charge in [0.05, 0.1) is 4.90 Å². The van der Waals surface area contributed by atoms with Gasteiger partial charge in [-0.25, -0.2) is 18.5 Å². The second kappa shape index (κ2) is 6.67. The van der Waals surface area contributed by atoms with E-state index in [0.29, 0.717) is 12.2 Å². The number of anilines is 1. The Hall–Kier alpha value is -2.25. The van der Waals surface area contributed by atoms with E-state index < -0.39 is 10.0 Å². The number of pyridine rings is 1. The molecule has 22 heavy (non-hydrogen) atoms. The van der Waals surface area contributed by atoms with Gasteiger partial charge in [0.25, 0.3) is 0 Å². The van der Waals surface area contributed by atoms with Gasteiger partial charge in [0.1, 0.15) is 5.82 Å². The summed E-state index contributed by atoms with van der Waals surface area (Å²) in [5.74, 6) is 0.378. The van der Waals surface area contributed by atoms with Crippen LogP contribution in [0.25, 0.3) is 0 Å². The van der Waals surface area contributed by atoms with E-state index in [1.54, 1.807) is 24.4 Å². The molecule has 2 aromatic rings. The summed E-state index contributed by atoms with van der Waals surface area (Å²) in [5.41, 5.74) is 1.88. The first kappa shape index (κ1) is 16.1. The average Bonchev–Trinajstić information content (AvgIpc) is 2.45. The van der Waals surface area contributed by atoms with E-state index in [1.807, 2.05) is 13.0 Å². The third-order valence-electron chi connectivity index (χ3n) is 3.08. The summed E-state index contributed by atoms with van der Waals surface area (Å²) in [5, 5.41) is 7.75. The number of carbonyl (C=O) groups is 1. The number of hydrogen-bond donors (Lipinski definition) is 2. The van der Waals surface area contributed by atoms with E-state index in [2.05, 4.69) is 10.3 Å². The van der Waals surface area contributed by atoms with E-state index in [-0.39, 0.29) is 17.2 Å². The number of amides is 1. The van der Waals surface area contributed by atoms with Gasteiger partial charge in [-0.15, -0.1) is 0 Å². The minimum absolute atomic E-state index is 0.0599. The lowest BCUT2D eigenvalue weighted by molar-refractivity contribution is -0.116. The lowest BCUT2D eigenvalue weighted by Gasteiger charge is -2.06. The molecule has 0 radical (unpaired) electrons. The molecule has 0 unspecified atom stereocenters. The number of aryl methyl sites for hydroxylation is 2. The minimum atomic E-state index is -3.68. The lowest BCUT2D eigenvalue weighted by Crippen LogP contribution is -2.14. The zero-order valence-electron chi connectivity index (χ0n) is 12.1. The molecule has 0 saturated carbocycles. The van der Waals surface area contributed by atoms with Crippen molar-refractivity contribution >= 4 is 21.7 Å². The molecule has 1 amide bonds. The monoisotopic (exact) mass is 319 g/mol. The van der Waals surface area contributed by atoms with E-state index in [1.165, 1.54) is 12.1 Å². The van der Waals surface area contributed by atoms with E-state index >= 15 is 0 Å². The van der Waals surface area contributed by atoms with Gasteiger partial charge in [-0.3, -0.25) is 4.79 Å². The quantitative estimate of drug-likeness (QED) is 0.874. The Morgan fingerprint density at radius 1 is 1.23 bits per heavy atom. The molecule has 1 heterocycles. The topological polar surface area (TPSA) is 102 Å². The van der Waals surface area contributed by atoms with Crippen molar-refractivity contribution in [3.8, 4) is 0 Å².